The van der Waals surface area contributed by atoms with E-state index in [-0.39, 0.29) is 0 Å². The molecule has 1 unspecified atom stereocenters. The standard InChI is InChI=1S/C14H23NO2/c1-4-17-14-8-10(2)12(7-11(14)3)5-6-13(16)9-15/h7-8,13,16H,4-6,9,15H2,1-3H3. The Hall–Kier alpha value is -1.06. The van der Waals surface area contributed by atoms with Crippen LogP contribution in [0.1, 0.15) is 30.0 Å². The topological polar surface area (TPSA) is 55.5 Å². The molecule has 1 aromatic carbocycles. The summed E-state index contributed by atoms with van der Waals surface area (Å²) in [7, 11) is 0. The van der Waals surface area contributed by atoms with Crippen molar-refractivity contribution in [2.24, 2.45) is 5.73 Å². The minimum Gasteiger partial charge on any atom is -0.494 e. The van der Waals surface area contributed by atoms with Crippen LogP contribution >= 0.6 is 0 Å². The minimum absolute atomic E-state index is 0.328. The Balaban J connectivity index is 2.77. The van der Waals surface area contributed by atoms with Crippen LogP contribution in [0.25, 0.3) is 0 Å². The maximum absolute atomic E-state index is 9.47. The first-order valence-corrected chi connectivity index (χ1v) is 6.19. The summed E-state index contributed by atoms with van der Waals surface area (Å²) < 4.78 is 5.55. The highest BCUT2D eigenvalue weighted by atomic mass is 16.5. The molecule has 0 aliphatic carbocycles. The predicted octanol–water partition coefficient (Wildman–Crippen LogP) is 1.95. The average Bonchev–Trinajstić information content (AvgIpc) is 2.31. The number of aliphatic hydroxyl groups is 1. The molecule has 0 aromatic heterocycles. The van der Waals surface area contributed by atoms with Gasteiger partial charge in [-0.1, -0.05) is 6.07 Å². The van der Waals surface area contributed by atoms with E-state index in [0.717, 1.165) is 17.7 Å². The number of aryl methyl sites for hydroxylation is 3. The second-order valence-corrected chi connectivity index (χ2v) is 4.41. The Labute approximate surface area is 104 Å². The summed E-state index contributed by atoms with van der Waals surface area (Å²) in [6.07, 6.45) is 1.17. The SMILES string of the molecule is CCOc1cc(C)c(CCC(O)CN)cc1C. The molecule has 1 aromatic rings. The zero-order chi connectivity index (χ0) is 12.8. The van der Waals surface area contributed by atoms with Gasteiger partial charge in [-0.25, -0.2) is 0 Å². The minimum atomic E-state index is -0.402. The first-order valence-electron chi connectivity index (χ1n) is 6.19. The van der Waals surface area contributed by atoms with Crippen molar-refractivity contribution in [3.05, 3.63) is 28.8 Å². The molecule has 0 saturated carbocycles. The molecule has 0 saturated heterocycles. The molecule has 0 aliphatic rings. The quantitative estimate of drug-likeness (QED) is 0.795. The van der Waals surface area contributed by atoms with E-state index >= 15 is 0 Å². The normalized spacial score (nSPS) is 12.5. The van der Waals surface area contributed by atoms with E-state index in [9.17, 15) is 5.11 Å². The van der Waals surface area contributed by atoms with Crippen molar-refractivity contribution in [3.63, 3.8) is 0 Å². The van der Waals surface area contributed by atoms with Gasteiger partial charge < -0.3 is 15.6 Å². The van der Waals surface area contributed by atoms with Crippen LogP contribution < -0.4 is 10.5 Å². The van der Waals surface area contributed by atoms with E-state index in [0.29, 0.717) is 19.6 Å². The van der Waals surface area contributed by atoms with Gasteiger partial charge in [-0.15, -0.1) is 0 Å². The first kappa shape index (κ1) is 14.0. The summed E-state index contributed by atoms with van der Waals surface area (Å²) in [5.74, 6) is 0.952. The molecule has 0 heterocycles. The number of benzene rings is 1. The van der Waals surface area contributed by atoms with E-state index in [2.05, 4.69) is 19.1 Å². The van der Waals surface area contributed by atoms with Crippen LogP contribution in [0, 0.1) is 13.8 Å². The molecule has 1 rings (SSSR count). The summed E-state index contributed by atoms with van der Waals surface area (Å²) in [5, 5.41) is 9.47. The lowest BCUT2D eigenvalue weighted by Gasteiger charge is -2.13. The lowest BCUT2D eigenvalue weighted by molar-refractivity contribution is 0.173. The molecule has 0 spiro atoms. The Morgan fingerprint density at radius 1 is 1.29 bits per heavy atom. The van der Waals surface area contributed by atoms with Crippen LogP contribution in [0.2, 0.25) is 0 Å². The summed E-state index contributed by atoms with van der Waals surface area (Å²) >= 11 is 0. The van der Waals surface area contributed by atoms with Gasteiger partial charge in [0.1, 0.15) is 5.75 Å². The number of hydrogen-bond donors (Lipinski definition) is 2. The molecule has 0 amide bonds. The van der Waals surface area contributed by atoms with E-state index in [1.54, 1.807) is 0 Å². The second kappa shape index (κ2) is 6.62. The molecule has 0 bridgehead atoms. The number of ether oxygens (including phenoxy) is 1. The molecule has 17 heavy (non-hydrogen) atoms. The van der Waals surface area contributed by atoms with Gasteiger partial charge in [0.2, 0.25) is 0 Å². The largest absolute Gasteiger partial charge is 0.494 e. The van der Waals surface area contributed by atoms with Crippen LogP contribution in [0.3, 0.4) is 0 Å². The van der Waals surface area contributed by atoms with Gasteiger partial charge >= 0.3 is 0 Å². The highest BCUT2D eigenvalue weighted by Gasteiger charge is 2.07. The zero-order valence-corrected chi connectivity index (χ0v) is 11.0. The van der Waals surface area contributed by atoms with E-state index in [1.165, 1.54) is 11.1 Å². The molecule has 96 valence electrons. The predicted molar refractivity (Wildman–Crippen MR) is 70.5 cm³/mol. The number of hydrogen-bond acceptors (Lipinski definition) is 3. The van der Waals surface area contributed by atoms with E-state index in [1.807, 2.05) is 13.8 Å². The van der Waals surface area contributed by atoms with Crippen LogP contribution in [0.4, 0.5) is 0 Å². The Morgan fingerprint density at radius 2 is 2.00 bits per heavy atom. The van der Waals surface area contributed by atoms with Crippen molar-refractivity contribution in [2.75, 3.05) is 13.2 Å². The zero-order valence-electron chi connectivity index (χ0n) is 11.0. The molecule has 3 heteroatoms. The van der Waals surface area contributed by atoms with Gasteiger partial charge in [0, 0.05) is 6.54 Å². The van der Waals surface area contributed by atoms with E-state index in [4.69, 9.17) is 10.5 Å². The highest BCUT2D eigenvalue weighted by molar-refractivity contribution is 5.41. The van der Waals surface area contributed by atoms with Gasteiger partial charge in [0.15, 0.2) is 0 Å². The van der Waals surface area contributed by atoms with Crippen molar-refractivity contribution >= 4 is 0 Å². The molecule has 1 atom stereocenters. The fraction of sp³-hybridized carbons (Fsp3) is 0.571. The average molecular weight is 237 g/mol. The maximum Gasteiger partial charge on any atom is 0.122 e. The smallest absolute Gasteiger partial charge is 0.122 e. The summed E-state index contributed by atoms with van der Waals surface area (Å²) in [6, 6.07) is 4.21. The first-order chi connectivity index (χ1) is 8.08. The monoisotopic (exact) mass is 237 g/mol. The van der Waals surface area contributed by atoms with Crippen molar-refractivity contribution < 1.29 is 9.84 Å². The summed E-state index contributed by atoms with van der Waals surface area (Å²) in [4.78, 5) is 0. The van der Waals surface area contributed by atoms with Gasteiger partial charge in [-0.3, -0.25) is 0 Å². The van der Waals surface area contributed by atoms with Gasteiger partial charge in [-0.2, -0.15) is 0 Å². The molecule has 0 fully saturated rings. The lowest BCUT2D eigenvalue weighted by atomic mass is 9.99. The van der Waals surface area contributed by atoms with Crippen LogP contribution in [-0.2, 0) is 6.42 Å². The molecule has 0 radical (unpaired) electrons. The molecule has 3 nitrogen and oxygen atoms in total. The lowest BCUT2D eigenvalue weighted by Crippen LogP contribution is -2.20. The van der Waals surface area contributed by atoms with Gasteiger partial charge in [0.05, 0.1) is 12.7 Å². The van der Waals surface area contributed by atoms with Crippen LogP contribution in [0.15, 0.2) is 12.1 Å². The van der Waals surface area contributed by atoms with Crippen LogP contribution in [0.5, 0.6) is 5.75 Å². The molecular weight excluding hydrogens is 214 g/mol. The maximum atomic E-state index is 9.47. The van der Waals surface area contributed by atoms with Crippen molar-refractivity contribution in [2.45, 2.75) is 39.7 Å². The third-order valence-electron chi connectivity index (χ3n) is 2.95. The fourth-order valence-electron chi connectivity index (χ4n) is 1.87. The van der Waals surface area contributed by atoms with Crippen molar-refractivity contribution in [1.29, 1.82) is 0 Å². The Bertz CT molecular complexity index is 363. The molecular formula is C14H23NO2. The van der Waals surface area contributed by atoms with Crippen molar-refractivity contribution in [3.8, 4) is 5.75 Å². The molecule has 3 N–H and O–H groups in total. The van der Waals surface area contributed by atoms with Gasteiger partial charge in [0.25, 0.3) is 0 Å². The fourth-order valence-corrected chi connectivity index (χ4v) is 1.87. The highest BCUT2D eigenvalue weighted by Crippen LogP contribution is 2.24. The van der Waals surface area contributed by atoms with E-state index < -0.39 is 6.10 Å². The molecule has 0 aliphatic heterocycles. The Kier molecular flexibility index (Phi) is 5.45. The van der Waals surface area contributed by atoms with Crippen molar-refractivity contribution in [1.82, 2.24) is 0 Å². The third kappa shape index (κ3) is 4.02. The number of rotatable bonds is 6. The van der Waals surface area contributed by atoms with Gasteiger partial charge in [-0.05, 0) is 56.4 Å². The second-order valence-electron chi connectivity index (χ2n) is 4.41. The summed E-state index contributed by atoms with van der Waals surface area (Å²) in [6.45, 7) is 7.13. The summed E-state index contributed by atoms with van der Waals surface area (Å²) in [5.41, 5.74) is 9.02. The third-order valence-corrected chi connectivity index (χ3v) is 2.95. The van der Waals surface area contributed by atoms with Crippen LogP contribution in [-0.4, -0.2) is 24.4 Å². The number of nitrogens with two attached hydrogens (primary N) is 1. The number of aliphatic hydroxyl groups excluding tert-OH is 1. The Morgan fingerprint density at radius 3 is 2.59 bits per heavy atom.